The van der Waals surface area contributed by atoms with Gasteiger partial charge in [0.05, 0.1) is 6.54 Å². The number of nitrogens with one attached hydrogen (secondary N) is 1. The zero-order chi connectivity index (χ0) is 18.9. The number of carbonyl (C=O) groups is 1. The molecule has 4 heteroatoms. The van der Waals surface area contributed by atoms with Crippen LogP contribution in [0.3, 0.4) is 0 Å². The van der Waals surface area contributed by atoms with Gasteiger partial charge in [-0.2, -0.15) is 0 Å². The molecule has 0 fully saturated rings. The maximum Gasteiger partial charge on any atom is 0.260 e. The molecule has 0 heterocycles. The van der Waals surface area contributed by atoms with Gasteiger partial charge in [0.1, 0.15) is 18.1 Å². The molecule has 1 amide bonds. The Morgan fingerprint density at radius 1 is 1.04 bits per heavy atom. The molecule has 0 saturated carbocycles. The average Bonchev–Trinajstić information content (AvgIpc) is 2.65. The Morgan fingerprint density at radius 2 is 1.73 bits per heavy atom. The van der Waals surface area contributed by atoms with Gasteiger partial charge in [0.15, 0.2) is 6.10 Å². The Hall–Kier alpha value is -2.49. The maximum atomic E-state index is 12.2. The second kappa shape index (κ2) is 9.85. The lowest BCUT2D eigenvalue weighted by Gasteiger charge is -2.18. The van der Waals surface area contributed by atoms with E-state index in [1.165, 1.54) is 5.56 Å². The number of aryl methyl sites for hydroxylation is 1. The van der Waals surface area contributed by atoms with Crippen molar-refractivity contribution < 1.29 is 14.3 Å². The molecule has 0 unspecified atom stereocenters. The molecule has 0 aliphatic carbocycles. The molecule has 26 heavy (non-hydrogen) atoms. The van der Waals surface area contributed by atoms with Crippen molar-refractivity contribution in [1.29, 1.82) is 0 Å². The Bertz CT molecular complexity index is 695. The van der Waals surface area contributed by atoms with E-state index in [1.54, 1.807) is 6.92 Å². The number of hydrogen-bond donors (Lipinski definition) is 1. The van der Waals surface area contributed by atoms with E-state index in [0.717, 1.165) is 23.5 Å². The molecule has 2 rings (SSSR count). The van der Waals surface area contributed by atoms with E-state index in [4.69, 9.17) is 9.47 Å². The average molecular weight is 355 g/mol. The Morgan fingerprint density at radius 3 is 2.38 bits per heavy atom. The van der Waals surface area contributed by atoms with Crippen molar-refractivity contribution in [3.05, 3.63) is 59.7 Å². The first-order chi connectivity index (χ1) is 12.5. The summed E-state index contributed by atoms with van der Waals surface area (Å²) in [6, 6.07) is 15.8. The molecule has 2 aromatic rings. The summed E-state index contributed by atoms with van der Waals surface area (Å²) >= 11 is 0. The van der Waals surface area contributed by atoms with Crippen molar-refractivity contribution in [1.82, 2.24) is 5.32 Å². The van der Waals surface area contributed by atoms with E-state index in [0.29, 0.717) is 19.1 Å². The number of para-hydroxylation sites is 1. The van der Waals surface area contributed by atoms with Gasteiger partial charge in [-0.15, -0.1) is 0 Å². The Labute approximate surface area is 156 Å². The van der Waals surface area contributed by atoms with E-state index in [9.17, 15) is 4.79 Å². The van der Waals surface area contributed by atoms with Crippen LogP contribution in [-0.2, 0) is 11.2 Å². The van der Waals surface area contributed by atoms with Gasteiger partial charge in [0.25, 0.3) is 5.91 Å². The second-order valence-corrected chi connectivity index (χ2v) is 6.59. The van der Waals surface area contributed by atoms with Crippen molar-refractivity contribution >= 4 is 5.91 Å². The summed E-state index contributed by atoms with van der Waals surface area (Å²) in [7, 11) is 0. The summed E-state index contributed by atoms with van der Waals surface area (Å²) in [4.78, 5) is 12.2. The molecule has 140 valence electrons. The molecule has 0 bridgehead atoms. The zero-order valence-corrected chi connectivity index (χ0v) is 16.1. The highest BCUT2D eigenvalue weighted by atomic mass is 16.5. The lowest BCUT2D eigenvalue weighted by molar-refractivity contribution is -0.127. The predicted molar refractivity (Wildman–Crippen MR) is 105 cm³/mol. The summed E-state index contributed by atoms with van der Waals surface area (Å²) in [5.41, 5.74) is 2.38. The fourth-order valence-electron chi connectivity index (χ4n) is 2.62. The van der Waals surface area contributed by atoms with E-state index < -0.39 is 6.10 Å². The van der Waals surface area contributed by atoms with Crippen molar-refractivity contribution in [2.45, 2.75) is 46.1 Å². The Kier molecular flexibility index (Phi) is 7.52. The SMILES string of the molecule is CCc1ccc(OCCNC(=O)[C@@H](C)Oc2ccccc2C(C)C)cc1. The molecule has 1 N–H and O–H groups in total. The number of hydrogen-bond acceptors (Lipinski definition) is 3. The number of ether oxygens (including phenoxy) is 2. The van der Waals surface area contributed by atoms with E-state index in [-0.39, 0.29) is 5.91 Å². The molecule has 0 aromatic heterocycles. The van der Waals surface area contributed by atoms with Crippen LogP contribution in [-0.4, -0.2) is 25.2 Å². The van der Waals surface area contributed by atoms with Crippen LogP contribution in [0.1, 0.15) is 44.7 Å². The summed E-state index contributed by atoms with van der Waals surface area (Å²) < 4.78 is 11.5. The van der Waals surface area contributed by atoms with Crippen LogP contribution >= 0.6 is 0 Å². The van der Waals surface area contributed by atoms with Gasteiger partial charge in [0, 0.05) is 0 Å². The van der Waals surface area contributed by atoms with Gasteiger partial charge in [0.2, 0.25) is 0 Å². The fourth-order valence-corrected chi connectivity index (χ4v) is 2.62. The highest BCUT2D eigenvalue weighted by Gasteiger charge is 2.16. The molecule has 0 saturated heterocycles. The number of benzene rings is 2. The summed E-state index contributed by atoms with van der Waals surface area (Å²) in [5, 5.41) is 2.86. The molecule has 4 nitrogen and oxygen atoms in total. The van der Waals surface area contributed by atoms with Gasteiger partial charge in [-0.05, 0) is 48.6 Å². The van der Waals surface area contributed by atoms with Crippen molar-refractivity contribution in [2.75, 3.05) is 13.2 Å². The van der Waals surface area contributed by atoms with Gasteiger partial charge >= 0.3 is 0 Å². The summed E-state index contributed by atoms with van der Waals surface area (Å²) in [5.74, 6) is 1.77. The minimum absolute atomic E-state index is 0.145. The molecule has 2 aromatic carbocycles. The molecule has 0 aliphatic heterocycles. The first-order valence-corrected chi connectivity index (χ1v) is 9.26. The molecule has 1 atom stereocenters. The van der Waals surface area contributed by atoms with Crippen LogP contribution < -0.4 is 14.8 Å². The van der Waals surface area contributed by atoms with Crippen molar-refractivity contribution in [3.63, 3.8) is 0 Å². The van der Waals surface area contributed by atoms with Crippen LogP contribution in [0.2, 0.25) is 0 Å². The Balaban J connectivity index is 1.76. The van der Waals surface area contributed by atoms with E-state index in [1.807, 2.05) is 36.4 Å². The number of amides is 1. The van der Waals surface area contributed by atoms with Gasteiger partial charge in [-0.25, -0.2) is 0 Å². The fraction of sp³-hybridized carbons (Fsp3) is 0.409. The number of rotatable bonds is 9. The standard InChI is InChI=1S/C22H29NO3/c1-5-18-10-12-19(13-11-18)25-15-14-23-22(24)17(4)26-21-9-7-6-8-20(21)16(2)3/h6-13,16-17H,5,14-15H2,1-4H3,(H,23,24)/t17-/m1/s1. The highest BCUT2D eigenvalue weighted by Crippen LogP contribution is 2.26. The molecule has 0 radical (unpaired) electrons. The first-order valence-electron chi connectivity index (χ1n) is 9.26. The van der Waals surface area contributed by atoms with Crippen LogP contribution in [0, 0.1) is 0 Å². The van der Waals surface area contributed by atoms with Gasteiger partial charge < -0.3 is 14.8 Å². The van der Waals surface area contributed by atoms with Crippen molar-refractivity contribution in [3.8, 4) is 11.5 Å². The summed E-state index contributed by atoms with van der Waals surface area (Å²) in [6.07, 6.45) is 0.451. The molecule has 0 aliphatic rings. The largest absolute Gasteiger partial charge is 0.492 e. The number of carbonyl (C=O) groups excluding carboxylic acids is 1. The normalized spacial score (nSPS) is 11.9. The zero-order valence-electron chi connectivity index (χ0n) is 16.1. The van der Waals surface area contributed by atoms with Crippen LogP contribution in [0.15, 0.2) is 48.5 Å². The minimum Gasteiger partial charge on any atom is -0.492 e. The van der Waals surface area contributed by atoms with E-state index in [2.05, 4.69) is 38.2 Å². The maximum absolute atomic E-state index is 12.2. The van der Waals surface area contributed by atoms with Crippen molar-refractivity contribution in [2.24, 2.45) is 0 Å². The minimum atomic E-state index is -0.557. The van der Waals surface area contributed by atoms with E-state index >= 15 is 0 Å². The third-order valence-corrected chi connectivity index (χ3v) is 4.22. The topological polar surface area (TPSA) is 47.6 Å². The van der Waals surface area contributed by atoms with Crippen LogP contribution in [0.5, 0.6) is 11.5 Å². The lowest BCUT2D eigenvalue weighted by atomic mass is 10.0. The first kappa shape index (κ1) is 19.8. The molecule has 0 spiro atoms. The smallest absolute Gasteiger partial charge is 0.260 e. The van der Waals surface area contributed by atoms with Gasteiger partial charge in [-0.3, -0.25) is 4.79 Å². The van der Waals surface area contributed by atoms with Crippen LogP contribution in [0.4, 0.5) is 0 Å². The monoisotopic (exact) mass is 355 g/mol. The molecular weight excluding hydrogens is 326 g/mol. The lowest BCUT2D eigenvalue weighted by Crippen LogP contribution is -2.38. The second-order valence-electron chi connectivity index (χ2n) is 6.59. The highest BCUT2D eigenvalue weighted by molar-refractivity contribution is 5.80. The quantitative estimate of drug-likeness (QED) is 0.681. The summed E-state index contributed by atoms with van der Waals surface area (Å²) in [6.45, 7) is 8.96. The van der Waals surface area contributed by atoms with Gasteiger partial charge in [-0.1, -0.05) is 51.1 Å². The third-order valence-electron chi connectivity index (χ3n) is 4.22. The third kappa shape index (κ3) is 5.80. The molecular formula is C22H29NO3. The van der Waals surface area contributed by atoms with Crippen LogP contribution in [0.25, 0.3) is 0 Å². The predicted octanol–water partition coefficient (Wildman–Crippen LogP) is 4.33.